The summed E-state index contributed by atoms with van der Waals surface area (Å²) in [7, 11) is 3.09. The molecular formula is C21H25NO6. The van der Waals surface area contributed by atoms with Crippen molar-refractivity contribution in [2.45, 2.75) is 19.9 Å². The molecule has 0 unspecified atom stereocenters. The quantitative estimate of drug-likeness (QED) is 0.631. The summed E-state index contributed by atoms with van der Waals surface area (Å²) in [6.07, 6.45) is 0.931. The fraction of sp³-hybridized carbons (Fsp3) is 0.333. The Morgan fingerprint density at radius 2 is 1.57 bits per heavy atom. The maximum atomic E-state index is 11.9. The van der Waals surface area contributed by atoms with Crippen LogP contribution in [-0.2, 0) is 27.3 Å². The van der Waals surface area contributed by atoms with Gasteiger partial charge in [0.25, 0.3) is 5.91 Å². The van der Waals surface area contributed by atoms with Gasteiger partial charge in [0, 0.05) is 6.54 Å². The van der Waals surface area contributed by atoms with Gasteiger partial charge in [0.05, 0.1) is 14.2 Å². The third-order valence-electron chi connectivity index (χ3n) is 3.99. The number of carbonyl (C=O) groups excluding carboxylic acids is 2. The Balaban J connectivity index is 1.70. The van der Waals surface area contributed by atoms with Gasteiger partial charge in [-0.25, -0.2) is 4.79 Å². The second-order valence-electron chi connectivity index (χ2n) is 5.91. The highest BCUT2D eigenvalue weighted by molar-refractivity contribution is 5.80. The maximum Gasteiger partial charge on any atom is 0.344 e. The number of methoxy groups -OCH3 is 2. The van der Waals surface area contributed by atoms with E-state index < -0.39 is 11.9 Å². The zero-order chi connectivity index (χ0) is 20.4. The van der Waals surface area contributed by atoms with Gasteiger partial charge in [-0.1, -0.05) is 25.1 Å². The van der Waals surface area contributed by atoms with Gasteiger partial charge in [0.2, 0.25) is 0 Å². The summed E-state index contributed by atoms with van der Waals surface area (Å²) in [5.41, 5.74) is 2.01. The van der Waals surface area contributed by atoms with Crippen LogP contribution in [-0.4, -0.2) is 39.3 Å². The number of esters is 1. The third-order valence-corrected chi connectivity index (χ3v) is 3.99. The fourth-order valence-electron chi connectivity index (χ4n) is 2.39. The minimum absolute atomic E-state index is 0.256. The summed E-state index contributed by atoms with van der Waals surface area (Å²) in [6.45, 7) is 1.71. The highest BCUT2D eigenvalue weighted by Crippen LogP contribution is 2.27. The number of benzene rings is 2. The number of aryl methyl sites for hydroxylation is 1. The van der Waals surface area contributed by atoms with Crippen molar-refractivity contribution >= 4 is 11.9 Å². The lowest BCUT2D eigenvalue weighted by atomic mass is 10.2. The van der Waals surface area contributed by atoms with E-state index in [0.717, 1.165) is 12.0 Å². The number of nitrogens with one attached hydrogen (secondary N) is 1. The normalized spacial score (nSPS) is 10.1. The Hall–Kier alpha value is -3.22. The summed E-state index contributed by atoms with van der Waals surface area (Å²) in [4.78, 5) is 23.6. The summed E-state index contributed by atoms with van der Waals surface area (Å²) < 4.78 is 20.6. The van der Waals surface area contributed by atoms with Crippen molar-refractivity contribution in [3.05, 3.63) is 53.6 Å². The highest BCUT2D eigenvalue weighted by atomic mass is 16.6. The van der Waals surface area contributed by atoms with Crippen LogP contribution in [0.25, 0.3) is 0 Å². The van der Waals surface area contributed by atoms with Crippen LogP contribution >= 0.6 is 0 Å². The first-order valence-corrected chi connectivity index (χ1v) is 8.90. The van der Waals surface area contributed by atoms with Crippen molar-refractivity contribution in [3.63, 3.8) is 0 Å². The van der Waals surface area contributed by atoms with Gasteiger partial charge >= 0.3 is 5.97 Å². The average Bonchev–Trinajstić information content (AvgIpc) is 2.74. The Bertz CT molecular complexity index is 788. The lowest BCUT2D eigenvalue weighted by molar-refractivity contribution is -0.150. The van der Waals surface area contributed by atoms with Gasteiger partial charge in [-0.3, -0.25) is 4.79 Å². The number of hydrogen-bond donors (Lipinski definition) is 1. The van der Waals surface area contributed by atoms with Gasteiger partial charge < -0.3 is 24.3 Å². The first-order valence-electron chi connectivity index (χ1n) is 8.90. The van der Waals surface area contributed by atoms with Crippen LogP contribution in [0, 0.1) is 0 Å². The summed E-state index contributed by atoms with van der Waals surface area (Å²) >= 11 is 0. The molecule has 0 spiro atoms. The van der Waals surface area contributed by atoms with E-state index in [9.17, 15) is 9.59 Å². The zero-order valence-electron chi connectivity index (χ0n) is 16.3. The zero-order valence-corrected chi connectivity index (χ0v) is 16.3. The van der Waals surface area contributed by atoms with E-state index in [1.165, 1.54) is 5.56 Å². The molecule has 2 aromatic rings. The van der Waals surface area contributed by atoms with Crippen LogP contribution in [0.5, 0.6) is 17.2 Å². The Kier molecular flexibility index (Phi) is 8.14. The van der Waals surface area contributed by atoms with Crippen molar-refractivity contribution in [1.29, 1.82) is 0 Å². The minimum Gasteiger partial charge on any atom is -0.493 e. The molecule has 0 aromatic heterocycles. The van der Waals surface area contributed by atoms with Crippen molar-refractivity contribution in [1.82, 2.24) is 5.32 Å². The largest absolute Gasteiger partial charge is 0.493 e. The van der Waals surface area contributed by atoms with E-state index in [-0.39, 0.29) is 19.8 Å². The Morgan fingerprint density at radius 3 is 2.21 bits per heavy atom. The summed E-state index contributed by atoms with van der Waals surface area (Å²) in [5.74, 6) is 0.740. The molecular weight excluding hydrogens is 362 g/mol. The van der Waals surface area contributed by atoms with Gasteiger partial charge in [-0.15, -0.1) is 0 Å². The minimum atomic E-state index is -0.610. The molecule has 0 heterocycles. The standard InChI is InChI=1S/C21H25NO6/c1-4-15-5-8-17(9-6-15)27-14-21(24)28-13-20(23)22-12-16-7-10-18(25-2)19(11-16)26-3/h5-11H,4,12-14H2,1-3H3,(H,22,23). The molecule has 7 nitrogen and oxygen atoms in total. The van der Waals surface area contributed by atoms with Crippen LogP contribution in [0.2, 0.25) is 0 Å². The predicted molar refractivity (Wildman–Crippen MR) is 104 cm³/mol. The topological polar surface area (TPSA) is 83.1 Å². The van der Waals surface area contributed by atoms with Crippen molar-refractivity contribution < 1.29 is 28.5 Å². The SMILES string of the molecule is CCc1ccc(OCC(=O)OCC(=O)NCc2ccc(OC)c(OC)c2)cc1. The molecule has 0 saturated heterocycles. The fourth-order valence-corrected chi connectivity index (χ4v) is 2.39. The first kappa shape index (κ1) is 21.1. The van der Waals surface area contributed by atoms with E-state index in [0.29, 0.717) is 17.2 Å². The molecule has 0 aliphatic heterocycles. The molecule has 0 fully saturated rings. The third kappa shape index (κ3) is 6.50. The van der Waals surface area contributed by atoms with E-state index in [1.54, 1.807) is 38.5 Å². The van der Waals surface area contributed by atoms with Gasteiger partial charge in [0.15, 0.2) is 24.7 Å². The molecule has 2 rings (SSSR count). The van der Waals surface area contributed by atoms with Crippen LogP contribution in [0.3, 0.4) is 0 Å². The van der Waals surface area contributed by atoms with E-state index in [1.807, 2.05) is 18.2 Å². The van der Waals surface area contributed by atoms with Gasteiger partial charge in [0.1, 0.15) is 5.75 Å². The molecule has 0 saturated carbocycles. The first-order chi connectivity index (χ1) is 13.5. The van der Waals surface area contributed by atoms with Crippen molar-refractivity contribution in [2.24, 2.45) is 0 Å². The molecule has 2 aromatic carbocycles. The number of rotatable bonds is 10. The molecule has 0 radical (unpaired) electrons. The van der Waals surface area contributed by atoms with E-state index in [2.05, 4.69) is 12.2 Å². The number of amides is 1. The van der Waals surface area contributed by atoms with Crippen LogP contribution < -0.4 is 19.5 Å². The molecule has 0 bridgehead atoms. The van der Waals surface area contributed by atoms with Crippen LogP contribution in [0.1, 0.15) is 18.1 Å². The Morgan fingerprint density at radius 1 is 0.893 bits per heavy atom. The van der Waals surface area contributed by atoms with Crippen molar-refractivity contribution in [2.75, 3.05) is 27.4 Å². The van der Waals surface area contributed by atoms with Crippen molar-refractivity contribution in [3.8, 4) is 17.2 Å². The molecule has 1 N–H and O–H groups in total. The Labute approximate surface area is 164 Å². The number of ether oxygens (including phenoxy) is 4. The molecule has 0 aliphatic carbocycles. The second-order valence-corrected chi connectivity index (χ2v) is 5.91. The molecule has 28 heavy (non-hydrogen) atoms. The van der Waals surface area contributed by atoms with Crippen LogP contribution in [0.4, 0.5) is 0 Å². The molecule has 150 valence electrons. The van der Waals surface area contributed by atoms with Gasteiger partial charge in [-0.05, 0) is 41.8 Å². The average molecular weight is 387 g/mol. The summed E-state index contributed by atoms with van der Waals surface area (Å²) in [5, 5.41) is 2.68. The lowest BCUT2D eigenvalue weighted by Crippen LogP contribution is -2.29. The maximum absolute atomic E-state index is 11.9. The number of hydrogen-bond acceptors (Lipinski definition) is 6. The predicted octanol–water partition coefficient (Wildman–Crippen LogP) is 2.50. The molecule has 0 aliphatic rings. The molecule has 1 amide bonds. The highest BCUT2D eigenvalue weighted by Gasteiger charge is 2.10. The molecule has 7 heteroatoms. The smallest absolute Gasteiger partial charge is 0.344 e. The lowest BCUT2D eigenvalue weighted by Gasteiger charge is -2.11. The summed E-state index contributed by atoms with van der Waals surface area (Å²) in [6, 6.07) is 12.8. The number of carbonyl (C=O) groups is 2. The van der Waals surface area contributed by atoms with Gasteiger partial charge in [-0.2, -0.15) is 0 Å². The van der Waals surface area contributed by atoms with E-state index in [4.69, 9.17) is 18.9 Å². The molecule has 0 atom stereocenters. The van der Waals surface area contributed by atoms with E-state index >= 15 is 0 Å². The monoisotopic (exact) mass is 387 g/mol. The van der Waals surface area contributed by atoms with Crippen LogP contribution in [0.15, 0.2) is 42.5 Å². The second kappa shape index (κ2) is 10.8.